The second kappa shape index (κ2) is 5.37. The summed E-state index contributed by atoms with van der Waals surface area (Å²) in [6.07, 6.45) is -4.34. The van der Waals surface area contributed by atoms with E-state index in [1.54, 1.807) is 0 Å². The number of aromatic nitrogens is 1. The molecule has 0 atom stereocenters. The smallest absolute Gasteiger partial charge is 0.361 e. The van der Waals surface area contributed by atoms with Gasteiger partial charge in [-0.2, -0.15) is 30.4 Å². The van der Waals surface area contributed by atoms with Crippen LogP contribution >= 0.6 is 0 Å². The molecule has 0 spiro atoms. The van der Waals surface area contributed by atoms with Crippen LogP contribution in [0.3, 0.4) is 0 Å². The first kappa shape index (κ1) is 16.4. The average molecular weight is 317 g/mol. The van der Waals surface area contributed by atoms with Crippen molar-refractivity contribution in [3.05, 3.63) is 36.5 Å². The Morgan fingerprint density at radius 1 is 1.00 bits per heavy atom. The van der Waals surface area contributed by atoms with E-state index in [1.165, 1.54) is 10.9 Å². The zero-order chi connectivity index (χ0) is 15.6. The Kier molecular flexibility index (Phi) is 4.39. The van der Waals surface area contributed by atoms with Crippen molar-refractivity contribution >= 4 is 21.0 Å². The SMILES string of the molecule is O=S(=O)(O)C(F)(F)C(F)(F)F.c1ccc2[nH]ccc2c1. The second-order valence-electron chi connectivity index (χ2n) is 3.55. The van der Waals surface area contributed by atoms with Crippen LogP contribution in [0.2, 0.25) is 0 Å². The predicted octanol–water partition coefficient (Wildman–Crippen LogP) is 3.20. The maximum atomic E-state index is 11.5. The van der Waals surface area contributed by atoms with E-state index in [-0.39, 0.29) is 0 Å². The van der Waals surface area contributed by atoms with Crippen molar-refractivity contribution in [1.82, 2.24) is 4.98 Å². The Balaban J connectivity index is 0.000000202. The first-order valence-corrected chi connectivity index (χ1v) is 6.34. The van der Waals surface area contributed by atoms with E-state index in [0.29, 0.717) is 0 Å². The number of aromatic amines is 1. The maximum absolute atomic E-state index is 11.5. The minimum atomic E-state index is -6.42. The highest BCUT2D eigenvalue weighted by atomic mass is 32.2. The molecule has 1 aromatic heterocycles. The van der Waals surface area contributed by atoms with Gasteiger partial charge in [-0.15, -0.1) is 0 Å². The Morgan fingerprint density at radius 3 is 1.95 bits per heavy atom. The fourth-order valence-electron chi connectivity index (χ4n) is 1.14. The van der Waals surface area contributed by atoms with Gasteiger partial charge in [-0.25, -0.2) is 0 Å². The van der Waals surface area contributed by atoms with Crippen LogP contribution in [-0.2, 0) is 10.1 Å². The average Bonchev–Trinajstić information content (AvgIpc) is 2.74. The summed E-state index contributed by atoms with van der Waals surface area (Å²) in [7, 11) is -6.42. The molecule has 0 bridgehead atoms. The van der Waals surface area contributed by atoms with Crippen molar-refractivity contribution in [2.24, 2.45) is 0 Å². The highest BCUT2D eigenvalue weighted by Gasteiger charge is 2.67. The van der Waals surface area contributed by atoms with Gasteiger partial charge in [0.15, 0.2) is 0 Å². The molecule has 2 N–H and O–H groups in total. The molecule has 0 saturated carbocycles. The first-order chi connectivity index (χ1) is 8.97. The number of benzene rings is 1. The van der Waals surface area contributed by atoms with Gasteiger partial charge in [0.25, 0.3) is 0 Å². The molecule has 0 fully saturated rings. The molecule has 0 saturated heterocycles. The Hall–Kier alpha value is -1.68. The van der Waals surface area contributed by atoms with Crippen LogP contribution in [0.25, 0.3) is 10.9 Å². The summed E-state index contributed by atoms with van der Waals surface area (Å²) in [5, 5.41) is -4.82. The number of H-pyrrole nitrogens is 1. The quantitative estimate of drug-likeness (QED) is 0.627. The molecule has 4 nitrogen and oxygen atoms in total. The van der Waals surface area contributed by atoms with E-state index in [4.69, 9.17) is 4.55 Å². The third-order valence-electron chi connectivity index (χ3n) is 2.12. The van der Waals surface area contributed by atoms with E-state index in [2.05, 4.69) is 23.2 Å². The zero-order valence-electron chi connectivity index (χ0n) is 9.53. The molecular formula is C10H8F5NO3S. The van der Waals surface area contributed by atoms with E-state index in [0.717, 1.165) is 0 Å². The number of para-hydroxylation sites is 1. The summed E-state index contributed by atoms with van der Waals surface area (Å²) < 4.78 is 82.2. The fourth-order valence-corrected chi connectivity index (χ4v) is 1.43. The predicted molar refractivity (Wildman–Crippen MR) is 60.8 cm³/mol. The monoisotopic (exact) mass is 317 g/mol. The molecule has 0 amide bonds. The van der Waals surface area contributed by atoms with Crippen LogP contribution in [0.15, 0.2) is 36.5 Å². The van der Waals surface area contributed by atoms with E-state index >= 15 is 0 Å². The molecule has 20 heavy (non-hydrogen) atoms. The molecule has 0 unspecified atom stereocenters. The van der Waals surface area contributed by atoms with E-state index in [9.17, 15) is 30.4 Å². The minimum absolute atomic E-state index is 1.21. The Labute approximate surface area is 110 Å². The molecule has 0 aliphatic heterocycles. The van der Waals surface area contributed by atoms with Crippen molar-refractivity contribution in [3.8, 4) is 0 Å². The molecule has 112 valence electrons. The van der Waals surface area contributed by atoms with Gasteiger partial charge in [0.05, 0.1) is 0 Å². The molecule has 0 aliphatic rings. The lowest BCUT2D eigenvalue weighted by atomic mass is 10.3. The highest BCUT2D eigenvalue weighted by molar-refractivity contribution is 7.86. The van der Waals surface area contributed by atoms with Gasteiger partial charge in [-0.1, -0.05) is 18.2 Å². The standard InChI is InChI=1S/C8H7N.C2HF5O3S/c1-2-4-8-7(3-1)5-6-9-8;3-1(4,5)2(6,7)11(8,9)10/h1-6,9H;(H,8,9,10). The summed E-state index contributed by atoms with van der Waals surface area (Å²) in [4.78, 5) is 3.12. The lowest BCUT2D eigenvalue weighted by Gasteiger charge is -2.15. The number of rotatable bonds is 1. The van der Waals surface area contributed by atoms with Crippen LogP contribution in [0.1, 0.15) is 0 Å². The number of hydrogen-bond donors (Lipinski definition) is 2. The van der Waals surface area contributed by atoms with Gasteiger partial charge >= 0.3 is 21.5 Å². The summed E-state index contributed by atoms with van der Waals surface area (Å²) in [6.45, 7) is 0. The van der Waals surface area contributed by atoms with Crippen LogP contribution < -0.4 is 0 Å². The second-order valence-corrected chi connectivity index (χ2v) is 5.02. The number of halogens is 5. The van der Waals surface area contributed by atoms with Crippen LogP contribution in [0.5, 0.6) is 0 Å². The third-order valence-corrected chi connectivity index (χ3v) is 3.00. The van der Waals surface area contributed by atoms with Crippen LogP contribution in [0.4, 0.5) is 22.0 Å². The maximum Gasteiger partial charge on any atom is 0.472 e. The van der Waals surface area contributed by atoms with Crippen molar-refractivity contribution in [2.75, 3.05) is 0 Å². The molecule has 10 heteroatoms. The van der Waals surface area contributed by atoms with E-state index in [1.807, 2.05) is 18.3 Å². The largest absolute Gasteiger partial charge is 0.472 e. The molecular weight excluding hydrogens is 309 g/mol. The highest BCUT2D eigenvalue weighted by Crippen LogP contribution is 2.38. The molecule has 1 aromatic carbocycles. The Morgan fingerprint density at radius 2 is 1.55 bits per heavy atom. The zero-order valence-corrected chi connectivity index (χ0v) is 10.3. The summed E-state index contributed by atoms with van der Waals surface area (Å²) in [5.41, 5.74) is 1.21. The van der Waals surface area contributed by atoms with Crippen LogP contribution in [0, 0.1) is 0 Å². The summed E-state index contributed by atoms with van der Waals surface area (Å²) in [5.74, 6) is 0. The number of fused-ring (bicyclic) bond motifs is 1. The van der Waals surface area contributed by atoms with Gasteiger partial charge in [0.2, 0.25) is 0 Å². The number of hydrogen-bond acceptors (Lipinski definition) is 2. The first-order valence-electron chi connectivity index (χ1n) is 4.90. The lowest BCUT2D eigenvalue weighted by molar-refractivity contribution is -0.243. The van der Waals surface area contributed by atoms with Crippen molar-refractivity contribution in [1.29, 1.82) is 0 Å². The topological polar surface area (TPSA) is 70.2 Å². The van der Waals surface area contributed by atoms with Crippen LogP contribution in [-0.4, -0.2) is 29.4 Å². The number of nitrogens with one attached hydrogen (secondary N) is 1. The van der Waals surface area contributed by atoms with Gasteiger partial charge in [-0.05, 0) is 17.5 Å². The minimum Gasteiger partial charge on any atom is -0.361 e. The Bertz CT molecular complexity index is 647. The lowest BCUT2D eigenvalue weighted by Crippen LogP contribution is -2.43. The molecule has 2 rings (SSSR count). The fraction of sp³-hybridized carbons (Fsp3) is 0.200. The molecule has 0 radical (unpaired) electrons. The van der Waals surface area contributed by atoms with Crippen molar-refractivity contribution in [2.45, 2.75) is 11.4 Å². The van der Waals surface area contributed by atoms with Gasteiger partial charge in [-0.3, -0.25) is 4.55 Å². The van der Waals surface area contributed by atoms with Gasteiger partial charge in [0, 0.05) is 11.7 Å². The van der Waals surface area contributed by atoms with Crippen molar-refractivity contribution in [3.63, 3.8) is 0 Å². The normalized spacial score (nSPS) is 12.9. The van der Waals surface area contributed by atoms with Gasteiger partial charge < -0.3 is 4.98 Å². The molecule has 1 heterocycles. The van der Waals surface area contributed by atoms with Gasteiger partial charge in [0.1, 0.15) is 0 Å². The number of alkyl halides is 5. The summed E-state index contributed by atoms with van der Waals surface area (Å²) >= 11 is 0. The third kappa shape index (κ3) is 3.45. The van der Waals surface area contributed by atoms with Crippen molar-refractivity contribution < 1.29 is 34.9 Å². The molecule has 2 aromatic rings. The molecule has 0 aliphatic carbocycles. The van der Waals surface area contributed by atoms with E-state index < -0.39 is 21.5 Å². The summed E-state index contributed by atoms with van der Waals surface area (Å²) in [6, 6.07) is 10.3.